The van der Waals surface area contributed by atoms with Crippen LogP contribution in [0, 0.1) is 0 Å². The molecule has 1 aromatic carbocycles. The van der Waals surface area contributed by atoms with Gasteiger partial charge in [0.1, 0.15) is 5.60 Å². The Morgan fingerprint density at radius 2 is 2.16 bits per heavy atom. The second kappa shape index (κ2) is 6.23. The van der Waals surface area contributed by atoms with Crippen LogP contribution in [0.5, 0.6) is 0 Å². The van der Waals surface area contributed by atoms with Crippen LogP contribution in [0.15, 0.2) is 18.2 Å². The lowest BCUT2D eigenvalue weighted by Gasteiger charge is -2.20. The average molecular weight is 287 g/mol. The number of aliphatic hydroxyl groups is 1. The number of amides is 1. The summed E-state index contributed by atoms with van der Waals surface area (Å²) in [7, 11) is 0. The molecule has 1 amide bonds. The fraction of sp³-hybridized carbons (Fsp3) is 0.462. The van der Waals surface area contributed by atoms with E-state index in [0.29, 0.717) is 16.3 Å². The number of ether oxygens (including phenoxy) is 1. The highest BCUT2D eigenvalue weighted by Crippen LogP contribution is 2.26. The van der Waals surface area contributed by atoms with Crippen LogP contribution in [-0.4, -0.2) is 23.3 Å². The topological polar surface area (TPSA) is 84.6 Å². The Hall–Kier alpha value is -1.30. The molecule has 1 aromatic rings. The van der Waals surface area contributed by atoms with Gasteiger partial charge in [-0.2, -0.15) is 0 Å². The van der Waals surface area contributed by atoms with E-state index in [4.69, 9.17) is 22.1 Å². The highest BCUT2D eigenvalue weighted by molar-refractivity contribution is 6.33. The minimum atomic E-state index is -0.795. The number of aliphatic hydroxyl groups excluding tert-OH is 1. The Balaban J connectivity index is 2.85. The van der Waals surface area contributed by atoms with Gasteiger partial charge in [0.05, 0.1) is 16.8 Å². The summed E-state index contributed by atoms with van der Waals surface area (Å²) in [6.45, 7) is 5.39. The highest BCUT2D eigenvalue weighted by Gasteiger charge is 2.17. The molecule has 0 radical (unpaired) electrons. The lowest BCUT2D eigenvalue weighted by Crippen LogP contribution is -2.27. The van der Waals surface area contributed by atoms with E-state index in [1.807, 2.05) is 0 Å². The molecule has 0 aliphatic rings. The van der Waals surface area contributed by atoms with Gasteiger partial charge in [-0.1, -0.05) is 17.7 Å². The van der Waals surface area contributed by atoms with Gasteiger partial charge in [0.25, 0.3) is 0 Å². The van der Waals surface area contributed by atoms with Crippen LogP contribution < -0.4 is 11.1 Å². The predicted octanol–water partition coefficient (Wildman–Crippen LogP) is 2.68. The number of anilines is 1. The molecule has 0 fully saturated rings. The highest BCUT2D eigenvalue weighted by atomic mass is 35.5. The monoisotopic (exact) mass is 286 g/mol. The van der Waals surface area contributed by atoms with E-state index in [1.54, 1.807) is 39.0 Å². The normalized spacial score (nSPS) is 12.9. The first kappa shape index (κ1) is 15.8. The van der Waals surface area contributed by atoms with Crippen LogP contribution in [0.4, 0.5) is 10.5 Å². The zero-order valence-electron chi connectivity index (χ0n) is 11.2. The molecule has 106 valence electrons. The van der Waals surface area contributed by atoms with Gasteiger partial charge in [0.2, 0.25) is 0 Å². The lowest BCUT2D eigenvalue weighted by molar-refractivity contribution is 0.0636. The summed E-state index contributed by atoms with van der Waals surface area (Å²) < 4.78 is 5.13. The third-order valence-electron chi connectivity index (χ3n) is 2.23. The van der Waals surface area contributed by atoms with Gasteiger partial charge in [-0.15, -0.1) is 0 Å². The van der Waals surface area contributed by atoms with Crippen molar-refractivity contribution >= 4 is 23.4 Å². The molecule has 0 aromatic heterocycles. The molecule has 0 spiro atoms. The first-order chi connectivity index (χ1) is 8.73. The molecule has 1 atom stereocenters. The number of carbonyl (C=O) groups excluding carboxylic acids is 1. The van der Waals surface area contributed by atoms with Crippen molar-refractivity contribution in [3.05, 3.63) is 28.8 Å². The molecule has 0 bridgehead atoms. The Bertz CT molecular complexity index is 458. The molecular formula is C13H19ClN2O3. The molecule has 0 heterocycles. The van der Waals surface area contributed by atoms with Gasteiger partial charge in [-0.25, -0.2) is 4.79 Å². The number of nitrogens with one attached hydrogen (secondary N) is 1. The molecule has 19 heavy (non-hydrogen) atoms. The Morgan fingerprint density at radius 1 is 1.53 bits per heavy atom. The SMILES string of the molecule is CC(C)(C)OC(=O)Nc1cc([C@@H](O)CN)ccc1Cl. The van der Waals surface area contributed by atoms with E-state index in [0.717, 1.165) is 0 Å². The van der Waals surface area contributed by atoms with Gasteiger partial charge >= 0.3 is 6.09 Å². The summed E-state index contributed by atoms with van der Waals surface area (Å²) in [5, 5.41) is 12.6. The molecular weight excluding hydrogens is 268 g/mol. The van der Waals surface area contributed by atoms with Crippen molar-refractivity contribution < 1.29 is 14.6 Å². The first-order valence-corrected chi connectivity index (χ1v) is 6.28. The summed E-state index contributed by atoms with van der Waals surface area (Å²) in [4.78, 5) is 11.7. The Morgan fingerprint density at radius 3 is 2.68 bits per heavy atom. The van der Waals surface area contributed by atoms with E-state index in [9.17, 15) is 9.90 Å². The number of hydrogen-bond donors (Lipinski definition) is 3. The largest absolute Gasteiger partial charge is 0.444 e. The van der Waals surface area contributed by atoms with Crippen molar-refractivity contribution in [2.24, 2.45) is 5.73 Å². The molecule has 1 rings (SSSR count). The number of carbonyl (C=O) groups is 1. The van der Waals surface area contributed by atoms with Gasteiger partial charge in [0.15, 0.2) is 0 Å². The maximum absolute atomic E-state index is 11.7. The van der Waals surface area contributed by atoms with E-state index in [1.165, 1.54) is 0 Å². The van der Waals surface area contributed by atoms with Crippen LogP contribution in [0.1, 0.15) is 32.4 Å². The molecule has 0 unspecified atom stereocenters. The van der Waals surface area contributed by atoms with E-state index in [2.05, 4.69) is 5.32 Å². The van der Waals surface area contributed by atoms with Crippen molar-refractivity contribution in [3.63, 3.8) is 0 Å². The quantitative estimate of drug-likeness (QED) is 0.797. The van der Waals surface area contributed by atoms with Crippen LogP contribution >= 0.6 is 11.6 Å². The third kappa shape index (κ3) is 5.06. The van der Waals surface area contributed by atoms with Crippen LogP contribution in [0.2, 0.25) is 5.02 Å². The van der Waals surface area contributed by atoms with Crippen LogP contribution in [0.25, 0.3) is 0 Å². The first-order valence-electron chi connectivity index (χ1n) is 5.90. The van der Waals surface area contributed by atoms with E-state index >= 15 is 0 Å². The Kier molecular flexibility index (Phi) is 5.17. The minimum absolute atomic E-state index is 0.0908. The van der Waals surface area contributed by atoms with Gasteiger partial charge < -0.3 is 15.6 Å². The van der Waals surface area contributed by atoms with Gasteiger partial charge in [0, 0.05) is 6.54 Å². The predicted molar refractivity (Wildman–Crippen MR) is 75.3 cm³/mol. The zero-order chi connectivity index (χ0) is 14.6. The fourth-order valence-corrected chi connectivity index (χ4v) is 1.56. The number of nitrogens with two attached hydrogens (primary N) is 1. The molecule has 0 saturated carbocycles. The third-order valence-corrected chi connectivity index (χ3v) is 2.56. The smallest absolute Gasteiger partial charge is 0.412 e. The summed E-state index contributed by atoms with van der Waals surface area (Å²) in [6.07, 6.45) is -1.40. The summed E-state index contributed by atoms with van der Waals surface area (Å²) in [5.74, 6) is 0. The van der Waals surface area contributed by atoms with Crippen molar-refractivity contribution in [1.29, 1.82) is 0 Å². The fourth-order valence-electron chi connectivity index (χ4n) is 1.40. The molecule has 0 aliphatic carbocycles. The average Bonchev–Trinajstić information content (AvgIpc) is 2.28. The summed E-state index contributed by atoms with van der Waals surface area (Å²) in [5.41, 5.74) is 5.75. The van der Waals surface area contributed by atoms with Crippen LogP contribution in [0.3, 0.4) is 0 Å². The number of rotatable bonds is 3. The maximum atomic E-state index is 11.7. The number of hydrogen-bond acceptors (Lipinski definition) is 4. The standard InChI is InChI=1S/C13H19ClN2O3/c1-13(2,3)19-12(18)16-10-6-8(11(17)7-15)4-5-9(10)14/h4-6,11,17H,7,15H2,1-3H3,(H,16,18)/t11-/m0/s1. The van der Waals surface area contributed by atoms with Crippen molar-refractivity contribution in [2.45, 2.75) is 32.5 Å². The van der Waals surface area contributed by atoms with Gasteiger partial charge in [-0.05, 0) is 38.5 Å². The van der Waals surface area contributed by atoms with E-state index < -0.39 is 17.8 Å². The molecule has 0 aliphatic heterocycles. The molecule has 5 nitrogen and oxygen atoms in total. The Labute approximate surface area is 117 Å². The molecule has 0 saturated heterocycles. The summed E-state index contributed by atoms with van der Waals surface area (Å²) >= 11 is 5.98. The number of halogens is 1. The zero-order valence-corrected chi connectivity index (χ0v) is 12.0. The second-order valence-corrected chi connectivity index (χ2v) is 5.52. The lowest BCUT2D eigenvalue weighted by atomic mass is 10.1. The molecule has 4 N–H and O–H groups in total. The van der Waals surface area contributed by atoms with Crippen molar-refractivity contribution in [3.8, 4) is 0 Å². The second-order valence-electron chi connectivity index (χ2n) is 5.12. The van der Waals surface area contributed by atoms with E-state index in [-0.39, 0.29) is 6.54 Å². The maximum Gasteiger partial charge on any atom is 0.412 e. The van der Waals surface area contributed by atoms with Gasteiger partial charge in [-0.3, -0.25) is 5.32 Å². The minimum Gasteiger partial charge on any atom is -0.444 e. The van der Waals surface area contributed by atoms with Crippen molar-refractivity contribution in [2.75, 3.05) is 11.9 Å². The van der Waals surface area contributed by atoms with Crippen molar-refractivity contribution in [1.82, 2.24) is 0 Å². The number of benzene rings is 1. The van der Waals surface area contributed by atoms with Crippen LogP contribution in [-0.2, 0) is 4.74 Å². The molecule has 6 heteroatoms. The summed E-state index contributed by atoms with van der Waals surface area (Å²) in [6, 6.07) is 4.81.